The smallest absolute Gasteiger partial charge is 0.249 e. The lowest BCUT2D eigenvalue weighted by Crippen LogP contribution is -2.33. The van der Waals surface area contributed by atoms with Gasteiger partial charge in [-0.15, -0.1) is 11.6 Å². The normalized spacial score (nSPS) is 13.6. The maximum Gasteiger partial charge on any atom is 0.249 e. The van der Waals surface area contributed by atoms with Gasteiger partial charge in [0, 0.05) is 18.0 Å². The van der Waals surface area contributed by atoms with Gasteiger partial charge in [-0.3, -0.25) is 9.59 Å². The number of anilines is 1. The molecule has 0 saturated heterocycles. The van der Waals surface area contributed by atoms with E-state index in [0.29, 0.717) is 11.3 Å². The van der Waals surface area contributed by atoms with E-state index in [-0.39, 0.29) is 18.2 Å². The van der Waals surface area contributed by atoms with E-state index in [1.54, 1.807) is 12.1 Å². The van der Waals surface area contributed by atoms with Crippen LogP contribution >= 0.6 is 11.6 Å². The highest BCUT2D eigenvalue weighted by Gasteiger charge is 2.23. The third-order valence-electron chi connectivity index (χ3n) is 2.45. The molecule has 0 spiro atoms. The highest BCUT2D eigenvalue weighted by atomic mass is 35.5. The molecule has 19 heavy (non-hydrogen) atoms. The van der Waals surface area contributed by atoms with Crippen LogP contribution in [-0.4, -0.2) is 34.0 Å². The minimum Gasteiger partial charge on any atom is -0.385 e. The van der Waals surface area contributed by atoms with E-state index in [4.69, 9.17) is 17.3 Å². The number of primary amides is 1. The fraction of sp³-hybridized carbons (Fsp3) is 0.333. The fourth-order valence-electron chi connectivity index (χ4n) is 1.41. The predicted octanol–water partition coefficient (Wildman–Crippen LogP) is 0.134. The van der Waals surface area contributed by atoms with E-state index in [9.17, 15) is 19.8 Å². The standard InChI is InChI=1S/C12H15ClN2O4/c13-6-5-9(16)15-8-3-1-7(2-4-8)10(17)11(18)12(14)19/h1-4,10-11,17-18H,5-6H2,(H2,14,19)(H,15,16). The highest BCUT2D eigenvalue weighted by Crippen LogP contribution is 2.19. The number of hydrogen-bond donors (Lipinski definition) is 4. The van der Waals surface area contributed by atoms with Gasteiger partial charge in [0.25, 0.3) is 0 Å². The summed E-state index contributed by atoms with van der Waals surface area (Å²) in [7, 11) is 0. The number of carbonyl (C=O) groups excluding carboxylic acids is 2. The lowest BCUT2D eigenvalue weighted by molar-refractivity contribution is -0.132. The predicted molar refractivity (Wildman–Crippen MR) is 70.6 cm³/mol. The van der Waals surface area contributed by atoms with Gasteiger partial charge in [-0.25, -0.2) is 0 Å². The average Bonchev–Trinajstić information content (AvgIpc) is 2.38. The first-order chi connectivity index (χ1) is 8.95. The highest BCUT2D eigenvalue weighted by molar-refractivity contribution is 6.19. The molecule has 7 heteroatoms. The Morgan fingerprint density at radius 1 is 1.26 bits per heavy atom. The van der Waals surface area contributed by atoms with Gasteiger partial charge >= 0.3 is 0 Å². The molecule has 2 unspecified atom stereocenters. The van der Waals surface area contributed by atoms with E-state index in [0.717, 1.165) is 0 Å². The van der Waals surface area contributed by atoms with E-state index in [1.165, 1.54) is 12.1 Å². The van der Waals surface area contributed by atoms with Gasteiger partial charge in [-0.05, 0) is 17.7 Å². The number of carbonyl (C=O) groups is 2. The molecule has 0 aromatic heterocycles. The molecule has 0 bridgehead atoms. The first-order valence-corrected chi connectivity index (χ1v) is 6.10. The van der Waals surface area contributed by atoms with Gasteiger partial charge in [-0.1, -0.05) is 12.1 Å². The van der Waals surface area contributed by atoms with Gasteiger partial charge in [0.2, 0.25) is 11.8 Å². The van der Waals surface area contributed by atoms with E-state index in [1.807, 2.05) is 0 Å². The molecule has 5 N–H and O–H groups in total. The third kappa shape index (κ3) is 4.51. The monoisotopic (exact) mass is 286 g/mol. The van der Waals surface area contributed by atoms with E-state index < -0.39 is 18.1 Å². The van der Waals surface area contributed by atoms with Crippen molar-refractivity contribution in [3.8, 4) is 0 Å². The molecule has 0 aliphatic rings. The van der Waals surface area contributed by atoms with Crippen LogP contribution in [0.4, 0.5) is 5.69 Å². The van der Waals surface area contributed by atoms with Crippen LogP contribution in [0.2, 0.25) is 0 Å². The van der Waals surface area contributed by atoms with Crippen LogP contribution in [0, 0.1) is 0 Å². The molecule has 104 valence electrons. The topological polar surface area (TPSA) is 113 Å². The molecule has 0 fully saturated rings. The third-order valence-corrected chi connectivity index (χ3v) is 2.64. The molecular weight excluding hydrogens is 272 g/mol. The lowest BCUT2D eigenvalue weighted by atomic mass is 10.0. The minimum absolute atomic E-state index is 0.201. The first-order valence-electron chi connectivity index (χ1n) is 5.57. The van der Waals surface area contributed by atoms with Crippen molar-refractivity contribution in [1.82, 2.24) is 0 Å². The van der Waals surface area contributed by atoms with Crippen molar-refractivity contribution in [3.05, 3.63) is 29.8 Å². The number of nitrogens with one attached hydrogen (secondary N) is 1. The SMILES string of the molecule is NC(=O)C(O)C(O)c1ccc(NC(=O)CCCl)cc1. The largest absolute Gasteiger partial charge is 0.385 e. The number of nitrogens with two attached hydrogens (primary N) is 1. The molecule has 2 amide bonds. The Morgan fingerprint density at radius 3 is 2.32 bits per heavy atom. The molecule has 0 aliphatic heterocycles. The number of benzene rings is 1. The zero-order valence-electron chi connectivity index (χ0n) is 10.0. The van der Waals surface area contributed by atoms with Crippen LogP contribution in [0.3, 0.4) is 0 Å². The van der Waals surface area contributed by atoms with E-state index >= 15 is 0 Å². The Hall–Kier alpha value is -1.63. The molecule has 0 heterocycles. The van der Waals surface area contributed by atoms with Crippen molar-refractivity contribution in [2.45, 2.75) is 18.6 Å². The van der Waals surface area contributed by atoms with Crippen molar-refractivity contribution in [3.63, 3.8) is 0 Å². The number of aliphatic hydroxyl groups excluding tert-OH is 2. The zero-order chi connectivity index (χ0) is 14.4. The maximum absolute atomic E-state index is 11.3. The lowest BCUT2D eigenvalue weighted by Gasteiger charge is -2.15. The van der Waals surface area contributed by atoms with Crippen molar-refractivity contribution >= 4 is 29.1 Å². The second kappa shape index (κ2) is 7.08. The van der Waals surface area contributed by atoms with Gasteiger partial charge < -0.3 is 21.3 Å². The Morgan fingerprint density at radius 2 is 1.84 bits per heavy atom. The summed E-state index contributed by atoms with van der Waals surface area (Å²) in [6.45, 7) is 0. The molecule has 6 nitrogen and oxygen atoms in total. The summed E-state index contributed by atoms with van der Waals surface area (Å²) in [6, 6.07) is 6.04. The summed E-state index contributed by atoms with van der Waals surface area (Å²) in [5, 5.41) is 21.6. The second-order valence-electron chi connectivity index (χ2n) is 3.90. The van der Waals surface area contributed by atoms with Crippen LogP contribution in [0.1, 0.15) is 18.1 Å². The quantitative estimate of drug-likeness (QED) is 0.557. The summed E-state index contributed by atoms with van der Waals surface area (Å²) in [5.41, 5.74) is 5.73. The number of hydrogen-bond acceptors (Lipinski definition) is 4. The van der Waals surface area contributed by atoms with Crippen molar-refractivity contribution in [1.29, 1.82) is 0 Å². The van der Waals surface area contributed by atoms with Crippen LogP contribution in [0.5, 0.6) is 0 Å². The molecular formula is C12H15ClN2O4. The molecule has 0 saturated carbocycles. The average molecular weight is 287 g/mol. The Kier molecular flexibility index (Phi) is 5.75. The second-order valence-corrected chi connectivity index (χ2v) is 4.28. The number of rotatable bonds is 6. The van der Waals surface area contributed by atoms with Crippen molar-refractivity contribution in [2.75, 3.05) is 11.2 Å². The molecule has 1 aromatic carbocycles. The van der Waals surface area contributed by atoms with Gasteiger partial charge in [-0.2, -0.15) is 0 Å². The zero-order valence-corrected chi connectivity index (χ0v) is 10.8. The van der Waals surface area contributed by atoms with Gasteiger partial charge in [0.15, 0.2) is 6.10 Å². The molecule has 1 aromatic rings. The number of amides is 2. The Labute approximate surface area is 115 Å². The minimum atomic E-state index is -1.67. The van der Waals surface area contributed by atoms with Crippen LogP contribution < -0.4 is 11.1 Å². The van der Waals surface area contributed by atoms with E-state index in [2.05, 4.69) is 5.32 Å². The van der Waals surface area contributed by atoms with Crippen molar-refractivity contribution < 1.29 is 19.8 Å². The molecule has 1 rings (SSSR count). The van der Waals surface area contributed by atoms with Crippen LogP contribution in [-0.2, 0) is 9.59 Å². The molecule has 0 radical (unpaired) electrons. The van der Waals surface area contributed by atoms with Gasteiger partial charge in [0.05, 0.1) is 0 Å². The Bertz CT molecular complexity index is 450. The summed E-state index contributed by atoms with van der Waals surface area (Å²) >= 11 is 5.43. The summed E-state index contributed by atoms with van der Waals surface area (Å²) in [5.74, 6) is -1.000. The molecule has 0 aliphatic carbocycles. The first kappa shape index (κ1) is 15.4. The van der Waals surface area contributed by atoms with Crippen molar-refractivity contribution in [2.24, 2.45) is 5.73 Å². The van der Waals surface area contributed by atoms with Gasteiger partial charge in [0.1, 0.15) is 6.10 Å². The summed E-state index contributed by atoms with van der Waals surface area (Å²) < 4.78 is 0. The maximum atomic E-state index is 11.3. The molecule has 2 atom stereocenters. The van der Waals surface area contributed by atoms with Crippen LogP contribution in [0.25, 0.3) is 0 Å². The summed E-state index contributed by atoms with van der Waals surface area (Å²) in [6.07, 6.45) is -2.87. The summed E-state index contributed by atoms with van der Waals surface area (Å²) in [4.78, 5) is 22.0. The Balaban J connectivity index is 2.71. The fourth-order valence-corrected chi connectivity index (χ4v) is 1.58. The van der Waals surface area contributed by atoms with Crippen LogP contribution in [0.15, 0.2) is 24.3 Å². The number of aliphatic hydroxyl groups is 2. The number of halogens is 1. The number of alkyl halides is 1.